The van der Waals surface area contributed by atoms with E-state index in [1.165, 1.54) is 0 Å². The van der Waals surface area contributed by atoms with Gasteiger partial charge in [0.05, 0.1) is 24.9 Å². The van der Waals surface area contributed by atoms with Crippen molar-refractivity contribution in [2.45, 2.75) is 6.92 Å². The second-order valence-electron chi connectivity index (χ2n) is 5.63. The number of H-pyrrole nitrogens is 1. The Hall–Kier alpha value is -3.21. The number of aromatic amines is 1. The maximum atomic E-state index is 12.5. The molecule has 1 N–H and O–H groups in total. The Bertz CT molecular complexity index is 1110. The summed E-state index contributed by atoms with van der Waals surface area (Å²) in [6.07, 6.45) is 0. The van der Waals surface area contributed by atoms with Gasteiger partial charge in [0.1, 0.15) is 16.7 Å². The molecule has 0 aliphatic rings. The lowest BCUT2D eigenvalue weighted by molar-refractivity contribution is 0.345. The van der Waals surface area contributed by atoms with E-state index in [0.29, 0.717) is 23.3 Å². The van der Waals surface area contributed by atoms with Crippen LogP contribution in [0.4, 0.5) is 0 Å². The van der Waals surface area contributed by atoms with E-state index in [-0.39, 0.29) is 0 Å². The van der Waals surface area contributed by atoms with Crippen molar-refractivity contribution in [1.29, 1.82) is 0 Å². The molecule has 4 rings (SSSR count). The number of nitrogens with one attached hydrogen (secondary N) is 1. The van der Waals surface area contributed by atoms with E-state index in [4.69, 9.17) is 13.9 Å². The predicted octanol–water partition coefficient (Wildman–Crippen LogP) is 4.35. The molecule has 0 spiro atoms. The highest BCUT2D eigenvalue weighted by molar-refractivity contribution is 6.07. The molecule has 5 heteroatoms. The van der Waals surface area contributed by atoms with E-state index >= 15 is 0 Å². The van der Waals surface area contributed by atoms with Crippen molar-refractivity contribution in [2.75, 3.05) is 13.7 Å². The van der Waals surface area contributed by atoms with Gasteiger partial charge in [0.2, 0.25) is 0 Å². The molecule has 2 aromatic carbocycles. The summed E-state index contributed by atoms with van der Waals surface area (Å²) in [5, 5.41) is 1.28. The summed E-state index contributed by atoms with van der Waals surface area (Å²) in [6.45, 7) is 2.33. The molecule has 0 saturated heterocycles. The van der Waals surface area contributed by atoms with Crippen LogP contribution in [0, 0.1) is 0 Å². The molecule has 0 bridgehead atoms. The molecule has 0 radical (unpaired) electrons. The first-order chi connectivity index (χ1) is 12.2. The van der Waals surface area contributed by atoms with Crippen LogP contribution in [-0.2, 0) is 0 Å². The number of ether oxygens (including phenoxy) is 2. The number of rotatable bonds is 4. The first kappa shape index (κ1) is 15.3. The SMILES string of the molecule is CCOc1c(-c2ccc(OC)cc2)[nH]c2c1c(=O)oc1ccccc12. The van der Waals surface area contributed by atoms with Crippen LogP contribution in [0.3, 0.4) is 0 Å². The largest absolute Gasteiger partial charge is 0.497 e. The number of hydrogen-bond donors (Lipinski definition) is 1. The van der Waals surface area contributed by atoms with Gasteiger partial charge in [-0.1, -0.05) is 12.1 Å². The maximum Gasteiger partial charge on any atom is 0.349 e. The van der Waals surface area contributed by atoms with E-state index in [1.807, 2.05) is 49.4 Å². The molecule has 0 unspecified atom stereocenters. The molecule has 126 valence electrons. The number of benzene rings is 2. The zero-order valence-corrected chi connectivity index (χ0v) is 14.0. The van der Waals surface area contributed by atoms with E-state index in [2.05, 4.69) is 4.98 Å². The molecular formula is C20H17NO4. The topological polar surface area (TPSA) is 64.5 Å². The molecule has 0 saturated carbocycles. The summed E-state index contributed by atoms with van der Waals surface area (Å²) >= 11 is 0. The van der Waals surface area contributed by atoms with Crippen LogP contribution in [0.15, 0.2) is 57.7 Å². The minimum atomic E-state index is -0.409. The Morgan fingerprint density at radius 2 is 1.84 bits per heavy atom. The highest BCUT2D eigenvalue weighted by Crippen LogP contribution is 2.38. The number of methoxy groups -OCH3 is 1. The molecule has 25 heavy (non-hydrogen) atoms. The van der Waals surface area contributed by atoms with Gasteiger partial charge in [-0.25, -0.2) is 4.79 Å². The van der Waals surface area contributed by atoms with Gasteiger partial charge in [-0.15, -0.1) is 0 Å². The minimum Gasteiger partial charge on any atom is -0.497 e. The zero-order valence-electron chi connectivity index (χ0n) is 14.0. The lowest BCUT2D eigenvalue weighted by Gasteiger charge is -2.06. The normalized spacial score (nSPS) is 11.1. The number of para-hydroxylation sites is 1. The van der Waals surface area contributed by atoms with Crippen LogP contribution >= 0.6 is 0 Å². The van der Waals surface area contributed by atoms with Crippen molar-refractivity contribution in [1.82, 2.24) is 4.98 Å². The fourth-order valence-electron chi connectivity index (χ4n) is 3.04. The van der Waals surface area contributed by atoms with E-state index in [0.717, 1.165) is 27.9 Å². The van der Waals surface area contributed by atoms with E-state index in [1.54, 1.807) is 13.2 Å². The molecule has 0 aliphatic heterocycles. The first-order valence-corrected chi connectivity index (χ1v) is 8.07. The van der Waals surface area contributed by atoms with Crippen LogP contribution in [0.5, 0.6) is 11.5 Å². The third-order valence-electron chi connectivity index (χ3n) is 4.18. The molecule has 0 atom stereocenters. The van der Waals surface area contributed by atoms with Gasteiger partial charge in [-0.05, 0) is 43.3 Å². The molecule has 0 aliphatic carbocycles. The molecule has 4 aromatic rings. The van der Waals surface area contributed by atoms with Crippen molar-refractivity contribution >= 4 is 21.9 Å². The van der Waals surface area contributed by atoms with Gasteiger partial charge in [0.15, 0.2) is 5.75 Å². The van der Waals surface area contributed by atoms with Gasteiger partial charge in [-0.2, -0.15) is 0 Å². The van der Waals surface area contributed by atoms with Gasteiger partial charge in [-0.3, -0.25) is 0 Å². The van der Waals surface area contributed by atoms with Crippen molar-refractivity contribution in [3.05, 3.63) is 59.0 Å². The predicted molar refractivity (Wildman–Crippen MR) is 97.5 cm³/mol. The van der Waals surface area contributed by atoms with Crippen molar-refractivity contribution < 1.29 is 13.9 Å². The second kappa shape index (κ2) is 6.02. The van der Waals surface area contributed by atoms with Crippen molar-refractivity contribution in [2.24, 2.45) is 0 Å². The third-order valence-corrected chi connectivity index (χ3v) is 4.18. The standard InChI is InChI=1S/C20H17NO4/c1-3-24-19-16-18(14-6-4-5-7-15(14)25-20(16)22)21-17(19)12-8-10-13(23-2)11-9-12/h4-11,21H,3H2,1-2H3. The molecule has 5 nitrogen and oxygen atoms in total. The summed E-state index contributed by atoms with van der Waals surface area (Å²) in [7, 11) is 1.63. The first-order valence-electron chi connectivity index (χ1n) is 8.07. The van der Waals surface area contributed by atoms with E-state index < -0.39 is 5.63 Å². The zero-order chi connectivity index (χ0) is 17.4. The lowest BCUT2D eigenvalue weighted by atomic mass is 10.1. The average molecular weight is 335 g/mol. The molecule has 0 fully saturated rings. The lowest BCUT2D eigenvalue weighted by Crippen LogP contribution is -2.01. The molecular weight excluding hydrogens is 318 g/mol. The van der Waals surface area contributed by atoms with Crippen molar-refractivity contribution in [3.63, 3.8) is 0 Å². The van der Waals surface area contributed by atoms with Gasteiger partial charge in [0, 0.05) is 10.9 Å². The quantitative estimate of drug-likeness (QED) is 0.563. The summed E-state index contributed by atoms with van der Waals surface area (Å²) in [5.74, 6) is 1.28. The summed E-state index contributed by atoms with van der Waals surface area (Å²) in [6, 6.07) is 15.1. The average Bonchev–Trinajstić information content (AvgIpc) is 3.02. The Morgan fingerprint density at radius 3 is 2.56 bits per heavy atom. The summed E-state index contributed by atoms with van der Waals surface area (Å²) in [4.78, 5) is 15.9. The van der Waals surface area contributed by atoms with Crippen LogP contribution < -0.4 is 15.1 Å². The summed E-state index contributed by atoms with van der Waals surface area (Å²) in [5.41, 5.74) is 2.52. The second-order valence-corrected chi connectivity index (χ2v) is 5.63. The van der Waals surface area contributed by atoms with Crippen LogP contribution in [0.1, 0.15) is 6.92 Å². The molecule has 0 amide bonds. The maximum absolute atomic E-state index is 12.5. The van der Waals surface area contributed by atoms with Crippen LogP contribution in [-0.4, -0.2) is 18.7 Å². The van der Waals surface area contributed by atoms with Gasteiger partial charge >= 0.3 is 5.63 Å². The number of fused-ring (bicyclic) bond motifs is 3. The fourth-order valence-corrected chi connectivity index (χ4v) is 3.04. The Labute approximate surface area is 143 Å². The number of aromatic nitrogens is 1. The molecule has 2 heterocycles. The Morgan fingerprint density at radius 1 is 1.08 bits per heavy atom. The minimum absolute atomic E-state index is 0.409. The highest BCUT2D eigenvalue weighted by Gasteiger charge is 2.20. The van der Waals surface area contributed by atoms with Crippen LogP contribution in [0.2, 0.25) is 0 Å². The van der Waals surface area contributed by atoms with E-state index in [9.17, 15) is 4.79 Å². The van der Waals surface area contributed by atoms with Crippen LogP contribution in [0.25, 0.3) is 33.1 Å². The molecule has 2 aromatic heterocycles. The van der Waals surface area contributed by atoms with Gasteiger partial charge in [0.25, 0.3) is 0 Å². The highest BCUT2D eigenvalue weighted by atomic mass is 16.5. The van der Waals surface area contributed by atoms with Gasteiger partial charge < -0.3 is 18.9 Å². The smallest absolute Gasteiger partial charge is 0.349 e. The summed E-state index contributed by atoms with van der Waals surface area (Å²) < 4.78 is 16.5. The fraction of sp³-hybridized carbons (Fsp3) is 0.150. The number of hydrogen-bond acceptors (Lipinski definition) is 4. The monoisotopic (exact) mass is 335 g/mol. The van der Waals surface area contributed by atoms with Crippen molar-refractivity contribution in [3.8, 4) is 22.8 Å². The Balaban J connectivity index is 2.06. The third kappa shape index (κ3) is 2.45. The Kier molecular flexibility index (Phi) is 3.69.